The average molecular weight is 323 g/mol. The quantitative estimate of drug-likeness (QED) is 0.827. The van der Waals surface area contributed by atoms with Crippen molar-refractivity contribution in [1.29, 1.82) is 0 Å². The van der Waals surface area contributed by atoms with E-state index in [2.05, 4.69) is 17.4 Å². The van der Waals surface area contributed by atoms with Crippen molar-refractivity contribution < 1.29 is 14.3 Å². The first-order chi connectivity index (χ1) is 11.5. The number of carbonyl (C=O) groups excluding carboxylic acids is 1. The van der Waals surface area contributed by atoms with Gasteiger partial charge in [0, 0.05) is 26.0 Å². The SMILES string of the molecule is CC1(C)OC(=O)C=C(CC(Nc2ccccc2)c2ccccc2)O1. The van der Waals surface area contributed by atoms with Gasteiger partial charge in [0.1, 0.15) is 5.76 Å². The first-order valence-corrected chi connectivity index (χ1v) is 8.01. The average Bonchev–Trinajstić information content (AvgIpc) is 2.54. The zero-order valence-electron chi connectivity index (χ0n) is 13.9. The zero-order valence-corrected chi connectivity index (χ0v) is 13.9. The van der Waals surface area contributed by atoms with Crippen LogP contribution < -0.4 is 5.32 Å². The third kappa shape index (κ3) is 4.16. The van der Waals surface area contributed by atoms with Gasteiger partial charge in [0.15, 0.2) is 0 Å². The molecule has 1 N–H and O–H groups in total. The van der Waals surface area contributed by atoms with E-state index in [1.165, 1.54) is 6.08 Å². The summed E-state index contributed by atoms with van der Waals surface area (Å²) in [5, 5.41) is 3.51. The van der Waals surface area contributed by atoms with Crippen molar-refractivity contribution >= 4 is 11.7 Å². The molecule has 4 heteroatoms. The van der Waals surface area contributed by atoms with Gasteiger partial charge in [0.2, 0.25) is 5.79 Å². The van der Waals surface area contributed by atoms with Gasteiger partial charge in [-0.1, -0.05) is 48.5 Å². The van der Waals surface area contributed by atoms with E-state index in [0.717, 1.165) is 11.3 Å². The van der Waals surface area contributed by atoms with Gasteiger partial charge in [0.25, 0.3) is 0 Å². The second kappa shape index (κ2) is 6.79. The number of esters is 1. The molecule has 24 heavy (non-hydrogen) atoms. The molecule has 0 radical (unpaired) electrons. The molecule has 0 saturated carbocycles. The fourth-order valence-electron chi connectivity index (χ4n) is 2.74. The molecule has 0 spiro atoms. The Morgan fingerprint density at radius 1 is 0.958 bits per heavy atom. The van der Waals surface area contributed by atoms with E-state index >= 15 is 0 Å². The molecule has 2 aromatic rings. The van der Waals surface area contributed by atoms with Crippen molar-refractivity contribution in [2.45, 2.75) is 32.1 Å². The molecule has 1 unspecified atom stereocenters. The van der Waals surface area contributed by atoms with Crippen LogP contribution in [0.25, 0.3) is 0 Å². The number of anilines is 1. The fraction of sp³-hybridized carbons (Fsp3) is 0.250. The zero-order chi connectivity index (χ0) is 17.0. The second-order valence-corrected chi connectivity index (χ2v) is 6.21. The van der Waals surface area contributed by atoms with E-state index in [-0.39, 0.29) is 12.0 Å². The summed E-state index contributed by atoms with van der Waals surface area (Å²) in [5.74, 6) is -0.684. The van der Waals surface area contributed by atoms with Crippen LogP contribution in [0.1, 0.15) is 31.9 Å². The summed E-state index contributed by atoms with van der Waals surface area (Å²) >= 11 is 0. The highest BCUT2D eigenvalue weighted by Gasteiger charge is 2.31. The number of carbonyl (C=O) groups is 1. The van der Waals surface area contributed by atoms with Crippen molar-refractivity contribution in [3.63, 3.8) is 0 Å². The van der Waals surface area contributed by atoms with Gasteiger partial charge in [-0.25, -0.2) is 4.79 Å². The molecular formula is C20H21NO3. The molecule has 1 atom stereocenters. The highest BCUT2D eigenvalue weighted by Crippen LogP contribution is 2.31. The molecule has 0 saturated heterocycles. The molecular weight excluding hydrogens is 302 g/mol. The molecule has 0 bridgehead atoms. The Morgan fingerprint density at radius 3 is 2.21 bits per heavy atom. The highest BCUT2D eigenvalue weighted by atomic mass is 16.7. The maximum atomic E-state index is 11.8. The Bertz CT molecular complexity index is 723. The van der Waals surface area contributed by atoms with Crippen LogP contribution in [0.15, 0.2) is 72.5 Å². The number of cyclic esters (lactones) is 1. The lowest BCUT2D eigenvalue weighted by molar-refractivity contribution is -0.206. The Morgan fingerprint density at radius 2 is 1.58 bits per heavy atom. The molecule has 3 rings (SSSR count). The monoisotopic (exact) mass is 323 g/mol. The largest absolute Gasteiger partial charge is 0.457 e. The van der Waals surface area contributed by atoms with Crippen LogP contribution in [-0.4, -0.2) is 11.8 Å². The number of nitrogens with one attached hydrogen (secondary N) is 1. The molecule has 4 nitrogen and oxygen atoms in total. The Kier molecular flexibility index (Phi) is 4.56. The van der Waals surface area contributed by atoms with E-state index in [1.807, 2.05) is 48.5 Å². The molecule has 1 heterocycles. The third-order valence-electron chi connectivity index (χ3n) is 3.72. The highest BCUT2D eigenvalue weighted by molar-refractivity contribution is 5.83. The van der Waals surface area contributed by atoms with Crippen LogP contribution in [0, 0.1) is 0 Å². The van der Waals surface area contributed by atoms with Crippen molar-refractivity contribution in [3.8, 4) is 0 Å². The molecule has 0 aliphatic carbocycles. The van der Waals surface area contributed by atoms with Gasteiger partial charge in [-0.3, -0.25) is 0 Å². The van der Waals surface area contributed by atoms with Crippen molar-refractivity contribution in [3.05, 3.63) is 78.1 Å². The number of para-hydroxylation sites is 1. The van der Waals surface area contributed by atoms with Crippen LogP contribution in [0.2, 0.25) is 0 Å². The maximum Gasteiger partial charge on any atom is 0.337 e. The van der Waals surface area contributed by atoms with Crippen molar-refractivity contribution in [2.75, 3.05) is 5.32 Å². The van der Waals surface area contributed by atoms with E-state index in [9.17, 15) is 4.79 Å². The minimum atomic E-state index is -0.935. The second-order valence-electron chi connectivity index (χ2n) is 6.21. The van der Waals surface area contributed by atoms with Crippen molar-refractivity contribution in [2.24, 2.45) is 0 Å². The number of hydrogen-bond donors (Lipinski definition) is 1. The van der Waals surface area contributed by atoms with Gasteiger partial charge >= 0.3 is 5.97 Å². The minimum Gasteiger partial charge on any atom is -0.457 e. The Hall–Kier alpha value is -2.75. The summed E-state index contributed by atoms with van der Waals surface area (Å²) in [4.78, 5) is 11.8. The Balaban J connectivity index is 1.84. The van der Waals surface area contributed by atoms with E-state index in [0.29, 0.717) is 12.2 Å². The molecule has 0 amide bonds. The van der Waals surface area contributed by atoms with E-state index < -0.39 is 5.79 Å². The molecule has 1 aliphatic heterocycles. The van der Waals surface area contributed by atoms with Crippen LogP contribution >= 0.6 is 0 Å². The number of hydrogen-bond acceptors (Lipinski definition) is 4. The van der Waals surface area contributed by atoms with E-state index in [4.69, 9.17) is 9.47 Å². The predicted molar refractivity (Wildman–Crippen MR) is 93.2 cm³/mol. The summed E-state index contributed by atoms with van der Waals surface area (Å²) in [5.41, 5.74) is 2.15. The van der Waals surface area contributed by atoms with Crippen molar-refractivity contribution in [1.82, 2.24) is 0 Å². The molecule has 0 fully saturated rings. The predicted octanol–water partition coefficient (Wildman–Crippen LogP) is 4.42. The first kappa shape index (κ1) is 16.1. The van der Waals surface area contributed by atoms with Crippen LogP contribution in [0.4, 0.5) is 5.69 Å². The minimum absolute atomic E-state index is 0.0125. The van der Waals surface area contributed by atoms with Gasteiger partial charge in [-0.05, 0) is 17.7 Å². The van der Waals surface area contributed by atoms with Gasteiger partial charge < -0.3 is 14.8 Å². The molecule has 2 aromatic carbocycles. The van der Waals surface area contributed by atoms with Gasteiger partial charge in [-0.2, -0.15) is 0 Å². The fourth-order valence-corrected chi connectivity index (χ4v) is 2.74. The maximum absolute atomic E-state index is 11.8. The van der Waals surface area contributed by atoms with Gasteiger partial charge in [-0.15, -0.1) is 0 Å². The topological polar surface area (TPSA) is 47.6 Å². The number of rotatable bonds is 5. The normalized spacial score (nSPS) is 17.2. The van der Waals surface area contributed by atoms with Gasteiger partial charge in [0.05, 0.1) is 12.1 Å². The summed E-state index contributed by atoms with van der Waals surface area (Å²) in [6, 6.07) is 20.1. The third-order valence-corrected chi connectivity index (χ3v) is 3.72. The number of ether oxygens (including phenoxy) is 2. The summed E-state index contributed by atoms with van der Waals surface area (Å²) in [6.07, 6.45) is 1.98. The summed E-state index contributed by atoms with van der Waals surface area (Å²) in [7, 11) is 0. The van der Waals surface area contributed by atoms with E-state index in [1.54, 1.807) is 13.8 Å². The lowest BCUT2D eigenvalue weighted by atomic mass is 10.0. The lowest BCUT2D eigenvalue weighted by Gasteiger charge is -2.32. The van der Waals surface area contributed by atoms with Crippen LogP contribution in [0.5, 0.6) is 0 Å². The van der Waals surface area contributed by atoms with Crippen LogP contribution in [-0.2, 0) is 14.3 Å². The molecule has 124 valence electrons. The standard InChI is InChI=1S/C20H21NO3/c1-20(2)23-17(14-19(22)24-20)13-18(15-9-5-3-6-10-15)21-16-11-7-4-8-12-16/h3-12,14,18,21H,13H2,1-2H3. The smallest absolute Gasteiger partial charge is 0.337 e. The molecule has 0 aromatic heterocycles. The summed E-state index contributed by atoms with van der Waals surface area (Å²) < 4.78 is 11.0. The summed E-state index contributed by atoms with van der Waals surface area (Å²) in [6.45, 7) is 3.47. The molecule has 1 aliphatic rings. The Labute approximate surface area is 142 Å². The number of benzene rings is 2. The van der Waals surface area contributed by atoms with Crippen LogP contribution in [0.3, 0.4) is 0 Å². The lowest BCUT2D eigenvalue weighted by Crippen LogP contribution is -2.35. The first-order valence-electron chi connectivity index (χ1n) is 8.01.